The Morgan fingerprint density at radius 3 is 2.50 bits per heavy atom. The number of nitrogens with one attached hydrogen (secondary N) is 1. The Hall–Kier alpha value is -1.87. The maximum atomic E-state index is 12.5. The van der Waals surface area contributed by atoms with Crippen LogP contribution in [0.1, 0.15) is 49.6 Å². The molecule has 0 bridgehead atoms. The van der Waals surface area contributed by atoms with Crippen molar-refractivity contribution in [3.05, 3.63) is 17.9 Å². The smallest absolute Gasteiger partial charge is 0.371 e. The van der Waals surface area contributed by atoms with Gasteiger partial charge in [0.2, 0.25) is 16.8 Å². The number of nitrogens with zero attached hydrogens (tertiary/aromatic N) is 1. The lowest BCUT2D eigenvalue weighted by atomic mass is 9.97. The van der Waals surface area contributed by atoms with Crippen LogP contribution >= 0.6 is 0 Å². The van der Waals surface area contributed by atoms with Crippen LogP contribution in [0, 0.1) is 11.3 Å². The number of furan rings is 1. The summed E-state index contributed by atoms with van der Waals surface area (Å²) in [5, 5.41) is 11.4. The molecular formula is C17H24N2O6S. The van der Waals surface area contributed by atoms with Crippen molar-refractivity contribution in [3.8, 4) is 0 Å². The summed E-state index contributed by atoms with van der Waals surface area (Å²) in [5.74, 6) is -1.94. The summed E-state index contributed by atoms with van der Waals surface area (Å²) in [7, 11) is -3.88. The fourth-order valence-electron chi connectivity index (χ4n) is 3.15. The molecular weight excluding hydrogens is 360 g/mol. The molecule has 144 valence electrons. The number of rotatable bonds is 7. The van der Waals surface area contributed by atoms with E-state index in [1.165, 1.54) is 17.1 Å². The number of piperidine rings is 1. The molecule has 2 fully saturated rings. The molecule has 1 amide bonds. The maximum absolute atomic E-state index is 12.5. The van der Waals surface area contributed by atoms with Crippen LogP contribution in [0.3, 0.4) is 0 Å². The summed E-state index contributed by atoms with van der Waals surface area (Å²) in [4.78, 5) is 23.1. The number of carbonyl (C=O) groups excluding carboxylic acids is 1. The molecule has 1 aromatic heterocycles. The van der Waals surface area contributed by atoms with E-state index in [2.05, 4.69) is 12.2 Å². The van der Waals surface area contributed by atoms with Gasteiger partial charge in [-0.1, -0.05) is 6.92 Å². The molecule has 1 aromatic rings. The van der Waals surface area contributed by atoms with Crippen molar-refractivity contribution in [1.82, 2.24) is 9.62 Å². The number of carboxylic acids is 1. The van der Waals surface area contributed by atoms with Gasteiger partial charge >= 0.3 is 5.97 Å². The molecule has 9 heteroatoms. The standard InChI is InChI=1S/C17H24N2O6S/c1-17(6-7-17)8-9-18-15(20)12-4-10-19(11-5-12)26(23,24)14-3-2-13(25-14)16(21)22/h2-3,12H,4-11H2,1H3,(H,18,20)(H,21,22). The first-order valence-electron chi connectivity index (χ1n) is 8.82. The normalized spacial score (nSPS) is 20.7. The van der Waals surface area contributed by atoms with Gasteiger partial charge in [0, 0.05) is 25.6 Å². The topological polar surface area (TPSA) is 117 Å². The molecule has 0 aromatic carbocycles. The lowest BCUT2D eigenvalue weighted by Crippen LogP contribution is -2.43. The second-order valence-electron chi connectivity index (χ2n) is 7.45. The van der Waals surface area contributed by atoms with Crippen LogP contribution in [-0.4, -0.2) is 49.3 Å². The predicted octanol–water partition coefficient (Wildman–Crippen LogP) is 1.68. The highest BCUT2D eigenvalue weighted by Gasteiger charge is 2.37. The van der Waals surface area contributed by atoms with Crippen LogP contribution in [0.4, 0.5) is 0 Å². The van der Waals surface area contributed by atoms with Crippen molar-refractivity contribution < 1.29 is 27.5 Å². The fraction of sp³-hybridized carbons (Fsp3) is 0.647. The first-order chi connectivity index (χ1) is 12.2. The van der Waals surface area contributed by atoms with Crippen molar-refractivity contribution >= 4 is 21.9 Å². The van der Waals surface area contributed by atoms with E-state index in [9.17, 15) is 18.0 Å². The average Bonchev–Trinajstić information content (AvgIpc) is 3.13. The SMILES string of the molecule is CC1(CCNC(=O)C2CCN(S(=O)(=O)c3ccc(C(=O)O)o3)CC2)CC1. The van der Waals surface area contributed by atoms with E-state index in [4.69, 9.17) is 9.52 Å². The predicted molar refractivity (Wildman–Crippen MR) is 92.1 cm³/mol. The van der Waals surface area contributed by atoms with Crippen LogP contribution in [-0.2, 0) is 14.8 Å². The third-order valence-corrected chi connectivity index (χ3v) is 7.12. The lowest BCUT2D eigenvalue weighted by Gasteiger charge is -2.29. The van der Waals surface area contributed by atoms with Crippen LogP contribution in [0.25, 0.3) is 0 Å². The highest BCUT2D eigenvalue weighted by molar-refractivity contribution is 7.89. The molecule has 2 aliphatic rings. The van der Waals surface area contributed by atoms with E-state index >= 15 is 0 Å². The fourth-order valence-corrected chi connectivity index (χ4v) is 4.54. The second kappa shape index (κ2) is 7.03. The van der Waals surface area contributed by atoms with Gasteiger partial charge < -0.3 is 14.8 Å². The van der Waals surface area contributed by atoms with Crippen LogP contribution in [0.5, 0.6) is 0 Å². The Labute approximate surface area is 152 Å². The Morgan fingerprint density at radius 1 is 1.31 bits per heavy atom. The lowest BCUT2D eigenvalue weighted by molar-refractivity contribution is -0.126. The quantitative estimate of drug-likeness (QED) is 0.739. The molecule has 2 heterocycles. The average molecular weight is 384 g/mol. The molecule has 1 aliphatic carbocycles. The molecule has 1 aliphatic heterocycles. The minimum atomic E-state index is -3.88. The molecule has 0 unspecified atom stereocenters. The zero-order valence-electron chi connectivity index (χ0n) is 14.7. The van der Waals surface area contributed by atoms with Gasteiger partial charge in [0.1, 0.15) is 0 Å². The molecule has 2 N–H and O–H groups in total. The number of carbonyl (C=O) groups is 2. The van der Waals surface area contributed by atoms with Crippen molar-refractivity contribution in [2.24, 2.45) is 11.3 Å². The van der Waals surface area contributed by atoms with E-state index in [1.54, 1.807) is 0 Å². The number of carboxylic acid groups (broad SMARTS) is 1. The minimum absolute atomic E-state index is 0.0162. The van der Waals surface area contributed by atoms with E-state index in [0.29, 0.717) is 24.8 Å². The molecule has 0 radical (unpaired) electrons. The van der Waals surface area contributed by atoms with Gasteiger partial charge in [-0.3, -0.25) is 4.79 Å². The number of sulfonamides is 1. The monoisotopic (exact) mass is 384 g/mol. The third kappa shape index (κ3) is 4.09. The Morgan fingerprint density at radius 2 is 1.96 bits per heavy atom. The second-order valence-corrected chi connectivity index (χ2v) is 9.32. The van der Waals surface area contributed by atoms with E-state index in [1.807, 2.05) is 0 Å². The summed E-state index contributed by atoms with van der Waals surface area (Å²) in [5.41, 5.74) is 0.391. The Kier molecular flexibility index (Phi) is 5.12. The molecule has 0 atom stereocenters. The number of hydrogen-bond donors (Lipinski definition) is 2. The summed E-state index contributed by atoms with van der Waals surface area (Å²) in [6.45, 7) is 3.30. The zero-order valence-corrected chi connectivity index (χ0v) is 15.5. The van der Waals surface area contributed by atoms with Gasteiger partial charge in [0.25, 0.3) is 10.0 Å². The van der Waals surface area contributed by atoms with Gasteiger partial charge in [-0.05, 0) is 49.7 Å². The van der Waals surface area contributed by atoms with E-state index in [-0.39, 0.29) is 30.0 Å². The first kappa shape index (κ1) is 18.9. The Balaban J connectivity index is 1.51. The highest BCUT2D eigenvalue weighted by atomic mass is 32.2. The first-order valence-corrected chi connectivity index (χ1v) is 10.3. The van der Waals surface area contributed by atoms with Crippen LogP contribution in [0.15, 0.2) is 21.6 Å². The van der Waals surface area contributed by atoms with Gasteiger partial charge in [-0.15, -0.1) is 0 Å². The molecule has 1 saturated heterocycles. The molecule has 26 heavy (non-hydrogen) atoms. The van der Waals surface area contributed by atoms with Gasteiger partial charge in [-0.2, -0.15) is 4.31 Å². The van der Waals surface area contributed by atoms with Crippen molar-refractivity contribution in [3.63, 3.8) is 0 Å². The largest absolute Gasteiger partial charge is 0.475 e. The third-order valence-electron chi connectivity index (χ3n) is 5.34. The van der Waals surface area contributed by atoms with E-state index < -0.39 is 21.8 Å². The summed E-state index contributed by atoms with van der Waals surface area (Å²) >= 11 is 0. The zero-order chi connectivity index (χ0) is 18.9. The summed E-state index contributed by atoms with van der Waals surface area (Å²) in [6, 6.07) is 2.27. The highest BCUT2D eigenvalue weighted by Crippen LogP contribution is 2.47. The molecule has 1 saturated carbocycles. The van der Waals surface area contributed by atoms with Gasteiger partial charge in [-0.25, -0.2) is 13.2 Å². The number of hydrogen-bond acceptors (Lipinski definition) is 5. The minimum Gasteiger partial charge on any atom is -0.475 e. The molecule has 0 spiro atoms. The number of amides is 1. The van der Waals surface area contributed by atoms with Crippen LogP contribution in [0.2, 0.25) is 0 Å². The van der Waals surface area contributed by atoms with Crippen LogP contribution < -0.4 is 5.32 Å². The molecule has 3 rings (SSSR count). The Bertz CT molecular complexity index is 788. The van der Waals surface area contributed by atoms with Crippen molar-refractivity contribution in [2.45, 2.75) is 44.1 Å². The van der Waals surface area contributed by atoms with Gasteiger partial charge in [0.05, 0.1) is 0 Å². The number of aromatic carboxylic acids is 1. The van der Waals surface area contributed by atoms with Crippen molar-refractivity contribution in [2.75, 3.05) is 19.6 Å². The molecule has 8 nitrogen and oxygen atoms in total. The maximum Gasteiger partial charge on any atom is 0.371 e. The van der Waals surface area contributed by atoms with Gasteiger partial charge in [0.15, 0.2) is 0 Å². The summed E-state index contributed by atoms with van der Waals surface area (Å²) < 4.78 is 31.2. The van der Waals surface area contributed by atoms with E-state index in [0.717, 1.165) is 18.6 Å². The van der Waals surface area contributed by atoms with Crippen molar-refractivity contribution in [1.29, 1.82) is 0 Å². The summed E-state index contributed by atoms with van der Waals surface area (Å²) in [6.07, 6.45) is 4.30.